The summed E-state index contributed by atoms with van der Waals surface area (Å²) in [5, 5.41) is 0. The van der Waals surface area contributed by atoms with Crippen LogP contribution in [0.2, 0.25) is 0 Å². The zero-order chi connectivity index (χ0) is 14.0. The summed E-state index contributed by atoms with van der Waals surface area (Å²) in [5.74, 6) is 0. The second-order valence-electron chi connectivity index (χ2n) is 6.27. The lowest BCUT2D eigenvalue weighted by molar-refractivity contribution is 0.149. The lowest BCUT2D eigenvalue weighted by Gasteiger charge is -2.39. The van der Waals surface area contributed by atoms with E-state index in [1.807, 2.05) is 0 Å². The van der Waals surface area contributed by atoms with Crippen LogP contribution < -0.4 is 10.6 Å². The maximum atomic E-state index is 6.38. The Bertz CT molecular complexity index is 449. The van der Waals surface area contributed by atoms with E-state index in [1.54, 1.807) is 0 Å². The molecule has 4 heteroatoms. The normalized spacial score (nSPS) is 28.0. The molecule has 1 unspecified atom stereocenters. The van der Waals surface area contributed by atoms with Crippen molar-refractivity contribution in [1.82, 2.24) is 4.90 Å². The molecule has 2 aliphatic heterocycles. The number of hydrogen-bond donors (Lipinski definition) is 1. The van der Waals surface area contributed by atoms with Gasteiger partial charge < -0.3 is 15.4 Å². The Morgan fingerprint density at radius 2 is 2.05 bits per heavy atom. The molecule has 20 heavy (non-hydrogen) atoms. The molecule has 1 aromatic carbocycles. The number of anilines is 1. The Hall–Kier alpha value is -1.10. The average Bonchev–Trinajstić information content (AvgIpc) is 2.86. The molecular weight excluding hydrogens is 250 g/mol. The molecule has 0 radical (unpaired) electrons. The highest BCUT2D eigenvalue weighted by Crippen LogP contribution is 2.21. The van der Waals surface area contributed by atoms with Gasteiger partial charge in [0.15, 0.2) is 0 Å². The van der Waals surface area contributed by atoms with Crippen LogP contribution in [0.5, 0.6) is 0 Å². The average molecular weight is 275 g/mol. The predicted octanol–water partition coefficient (Wildman–Crippen LogP) is 1.23. The first kappa shape index (κ1) is 13.9. The minimum absolute atomic E-state index is 0.120. The highest BCUT2D eigenvalue weighted by atomic mass is 16.5. The van der Waals surface area contributed by atoms with Crippen molar-refractivity contribution in [1.29, 1.82) is 0 Å². The molecule has 2 fully saturated rings. The van der Waals surface area contributed by atoms with Crippen molar-refractivity contribution in [2.45, 2.75) is 18.9 Å². The number of hydrogen-bond acceptors (Lipinski definition) is 4. The van der Waals surface area contributed by atoms with Crippen LogP contribution in [-0.2, 0) is 4.74 Å². The fourth-order valence-electron chi connectivity index (χ4n) is 3.18. The number of ether oxygens (including phenoxy) is 1. The number of rotatable bonds is 3. The van der Waals surface area contributed by atoms with Crippen molar-refractivity contribution in [2.24, 2.45) is 5.73 Å². The first-order valence-corrected chi connectivity index (χ1v) is 7.55. The van der Waals surface area contributed by atoms with Crippen molar-refractivity contribution in [3.05, 3.63) is 29.8 Å². The van der Waals surface area contributed by atoms with Gasteiger partial charge in [-0.15, -0.1) is 0 Å². The molecule has 1 atom stereocenters. The zero-order valence-corrected chi connectivity index (χ0v) is 12.3. The maximum Gasteiger partial charge on any atom is 0.0659 e. The third-order valence-corrected chi connectivity index (χ3v) is 4.41. The summed E-state index contributed by atoms with van der Waals surface area (Å²) in [6, 6.07) is 8.77. The standard InChI is InChI=1S/C16H25N3O/c1-14-3-2-4-15(11-14)19-8-6-18(7-9-19)12-16(17)5-10-20-13-16/h2-4,11H,5-10,12-13,17H2,1H3. The summed E-state index contributed by atoms with van der Waals surface area (Å²) < 4.78 is 5.44. The Balaban J connectivity index is 1.54. The van der Waals surface area contributed by atoms with Gasteiger partial charge in [-0.1, -0.05) is 12.1 Å². The summed E-state index contributed by atoms with van der Waals surface area (Å²) in [4.78, 5) is 4.96. The van der Waals surface area contributed by atoms with Gasteiger partial charge in [0.25, 0.3) is 0 Å². The largest absolute Gasteiger partial charge is 0.379 e. The number of nitrogens with two attached hydrogens (primary N) is 1. The molecule has 0 saturated carbocycles. The molecule has 0 aliphatic carbocycles. The minimum Gasteiger partial charge on any atom is -0.379 e. The van der Waals surface area contributed by atoms with Gasteiger partial charge in [-0.25, -0.2) is 0 Å². The van der Waals surface area contributed by atoms with Crippen LogP contribution in [0.3, 0.4) is 0 Å². The second-order valence-corrected chi connectivity index (χ2v) is 6.27. The number of benzene rings is 1. The van der Waals surface area contributed by atoms with Gasteiger partial charge in [0.1, 0.15) is 0 Å². The molecule has 3 rings (SSSR count). The summed E-state index contributed by atoms with van der Waals surface area (Å²) in [7, 11) is 0. The third-order valence-electron chi connectivity index (χ3n) is 4.41. The van der Waals surface area contributed by atoms with Gasteiger partial charge in [-0.05, 0) is 31.0 Å². The fourth-order valence-corrected chi connectivity index (χ4v) is 3.18. The van der Waals surface area contributed by atoms with E-state index in [0.29, 0.717) is 6.61 Å². The Morgan fingerprint density at radius 1 is 1.25 bits per heavy atom. The first-order valence-electron chi connectivity index (χ1n) is 7.55. The smallest absolute Gasteiger partial charge is 0.0659 e. The topological polar surface area (TPSA) is 41.7 Å². The minimum atomic E-state index is -0.120. The van der Waals surface area contributed by atoms with E-state index in [9.17, 15) is 0 Å². The van der Waals surface area contributed by atoms with E-state index in [2.05, 4.69) is 41.0 Å². The lowest BCUT2D eigenvalue weighted by Crippen LogP contribution is -2.55. The Labute approximate surface area is 121 Å². The molecule has 2 saturated heterocycles. The number of aryl methyl sites for hydroxylation is 1. The highest BCUT2D eigenvalue weighted by molar-refractivity contribution is 5.48. The fraction of sp³-hybridized carbons (Fsp3) is 0.625. The van der Waals surface area contributed by atoms with Crippen molar-refractivity contribution in [3.8, 4) is 0 Å². The molecule has 0 amide bonds. The summed E-state index contributed by atoms with van der Waals surface area (Å²) in [5.41, 5.74) is 8.93. The molecule has 1 aromatic rings. The Morgan fingerprint density at radius 3 is 2.70 bits per heavy atom. The quantitative estimate of drug-likeness (QED) is 0.901. The monoisotopic (exact) mass is 275 g/mol. The summed E-state index contributed by atoms with van der Waals surface area (Å²) in [6.07, 6.45) is 0.991. The molecular formula is C16H25N3O. The van der Waals surface area contributed by atoms with Crippen molar-refractivity contribution >= 4 is 5.69 Å². The first-order chi connectivity index (χ1) is 9.65. The lowest BCUT2D eigenvalue weighted by atomic mass is 9.99. The van der Waals surface area contributed by atoms with E-state index in [4.69, 9.17) is 10.5 Å². The SMILES string of the molecule is Cc1cccc(N2CCN(CC3(N)CCOC3)CC2)c1. The van der Waals surface area contributed by atoms with Gasteiger partial charge in [-0.3, -0.25) is 4.90 Å². The highest BCUT2D eigenvalue weighted by Gasteiger charge is 2.33. The van der Waals surface area contributed by atoms with E-state index in [-0.39, 0.29) is 5.54 Å². The van der Waals surface area contributed by atoms with Crippen LogP contribution in [0.1, 0.15) is 12.0 Å². The van der Waals surface area contributed by atoms with Gasteiger partial charge >= 0.3 is 0 Å². The maximum absolute atomic E-state index is 6.38. The van der Waals surface area contributed by atoms with Crippen LogP contribution in [0.25, 0.3) is 0 Å². The predicted molar refractivity (Wildman–Crippen MR) is 82.2 cm³/mol. The molecule has 2 aliphatic rings. The molecule has 2 N–H and O–H groups in total. The molecule has 2 heterocycles. The Kier molecular flexibility index (Phi) is 3.96. The van der Waals surface area contributed by atoms with Crippen LogP contribution in [-0.4, -0.2) is 56.4 Å². The van der Waals surface area contributed by atoms with Crippen LogP contribution in [0, 0.1) is 6.92 Å². The van der Waals surface area contributed by atoms with Gasteiger partial charge in [0.05, 0.1) is 12.1 Å². The number of piperazine rings is 1. The molecule has 4 nitrogen and oxygen atoms in total. The molecule has 0 bridgehead atoms. The van der Waals surface area contributed by atoms with E-state index in [0.717, 1.165) is 45.8 Å². The van der Waals surface area contributed by atoms with Crippen molar-refractivity contribution in [2.75, 3.05) is 50.8 Å². The second kappa shape index (κ2) is 5.72. The molecule has 0 spiro atoms. The van der Waals surface area contributed by atoms with Gasteiger partial charge in [0.2, 0.25) is 0 Å². The third kappa shape index (κ3) is 3.14. The van der Waals surface area contributed by atoms with E-state index in [1.165, 1.54) is 11.3 Å². The van der Waals surface area contributed by atoms with E-state index >= 15 is 0 Å². The molecule has 0 aromatic heterocycles. The van der Waals surface area contributed by atoms with Gasteiger partial charge in [0, 0.05) is 45.0 Å². The van der Waals surface area contributed by atoms with Crippen LogP contribution in [0.4, 0.5) is 5.69 Å². The summed E-state index contributed by atoms with van der Waals surface area (Å²) in [6.45, 7) is 9.00. The van der Waals surface area contributed by atoms with Crippen molar-refractivity contribution in [3.63, 3.8) is 0 Å². The van der Waals surface area contributed by atoms with E-state index < -0.39 is 0 Å². The van der Waals surface area contributed by atoms with Crippen LogP contribution in [0.15, 0.2) is 24.3 Å². The number of nitrogens with zero attached hydrogens (tertiary/aromatic N) is 2. The molecule has 110 valence electrons. The van der Waals surface area contributed by atoms with Crippen LogP contribution >= 0.6 is 0 Å². The summed E-state index contributed by atoms with van der Waals surface area (Å²) >= 11 is 0. The van der Waals surface area contributed by atoms with Crippen molar-refractivity contribution < 1.29 is 4.74 Å². The van der Waals surface area contributed by atoms with Gasteiger partial charge in [-0.2, -0.15) is 0 Å². The zero-order valence-electron chi connectivity index (χ0n) is 12.3.